The van der Waals surface area contributed by atoms with Gasteiger partial charge >= 0.3 is 5.69 Å². The number of amides is 1. The molecule has 1 aliphatic rings. The smallest absolute Gasteiger partial charge is 0.334 e. The van der Waals surface area contributed by atoms with Crippen molar-refractivity contribution in [3.63, 3.8) is 0 Å². The molecule has 0 radical (unpaired) electrons. The summed E-state index contributed by atoms with van der Waals surface area (Å²) in [5, 5.41) is 7.32. The van der Waals surface area contributed by atoms with Crippen LogP contribution in [0.1, 0.15) is 10.5 Å². The molecule has 1 fully saturated rings. The fraction of sp³-hybridized carbons (Fsp3) is 0.444. The SMILES string of the molecule is O=C(c1ncn2c(=O)n(CCF)nnc12)N1CC1. The van der Waals surface area contributed by atoms with Crippen molar-refractivity contribution >= 4 is 11.6 Å². The maximum Gasteiger partial charge on any atom is 0.353 e. The van der Waals surface area contributed by atoms with Gasteiger partial charge in [-0.1, -0.05) is 5.21 Å². The van der Waals surface area contributed by atoms with Crippen LogP contribution in [0.15, 0.2) is 11.1 Å². The Morgan fingerprint density at radius 1 is 1.44 bits per heavy atom. The zero-order valence-electron chi connectivity index (χ0n) is 9.28. The summed E-state index contributed by atoms with van der Waals surface area (Å²) in [6, 6.07) is 0. The topological polar surface area (TPSA) is 85.2 Å². The van der Waals surface area contributed by atoms with Gasteiger partial charge < -0.3 is 4.90 Å². The van der Waals surface area contributed by atoms with E-state index >= 15 is 0 Å². The highest BCUT2D eigenvalue weighted by atomic mass is 19.1. The summed E-state index contributed by atoms with van der Waals surface area (Å²) >= 11 is 0. The van der Waals surface area contributed by atoms with Gasteiger partial charge in [-0.05, 0) is 0 Å². The molecule has 0 atom stereocenters. The molecule has 94 valence electrons. The van der Waals surface area contributed by atoms with E-state index in [1.165, 1.54) is 6.33 Å². The predicted molar refractivity (Wildman–Crippen MR) is 56.9 cm³/mol. The van der Waals surface area contributed by atoms with E-state index in [2.05, 4.69) is 15.3 Å². The monoisotopic (exact) mass is 252 g/mol. The highest BCUT2D eigenvalue weighted by Gasteiger charge is 2.29. The van der Waals surface area contributed by atoms with E-state index in [4.69, 9.17) is 0 Å². The molecule has 1 saturated heterocycles. The van der Waals surface area contributed by atoms with Crippen LogP contribution in [0.25, 0.3) is 5.65 Å². The minimum atomic E-state index is -0.714. The largest absolute Gasteiger partial charge is 0.353 e. The van der Waals surface area contributed by atoms with Crippen molar-refractivity contribution in [3.8, 4) is 0 Å². The number of rotatable bonds is 3. The molecule has 0 aliphatic carbocycles. The summed E-state index contributed by atoms with van der Waals surface area (Å²) in [5.74, 6) is -0.269. The van der Waals surface area contributed by atoms with E-state index in [0.717, 1.165) is 9.08 Å². The molecule has 1 aliphatic heterocycles. The number of alkyl halides is 1. The molecule has 0 saturated carbocycles. The van der Waals surface area contributed by atoms with Crippen LogP contribution in [0.5, 0.6) is 0 Å². The van der Waals surface area contributed by atoms with Crippen molar-refractivity contribution in [2.75, 3.05) is 19.8 Å². The average molecular weight is 252 g/mol. The maximum atomic E-state index is 12.2. The molecule has 2 aromatic rings. The summed E-state index contributed by atoms with van der Waals surface area (Å²) < 4.78 is 14.2. The normalized spacial score (nSPS) is 14.2. The second-order valence-electron chi connectivity index (χ2n) is 3.86. The van der Waals surface area contributed by atoms with E-state index in [1.807, 2.05) is 0 Å². The Morgan fingerprint density at radius 2 is 2.22 bits per heavy atom. The highest BCUT2D eigenvalue weighted by Crippen LogP contribution is 2.12. The number of nitrogens with zero attached hydrogens (tertiary/aromatic N) is 6. The first kappa shape index (κ1) is 10.8. The molecule has 0 spiro atoms. The summed E-state index contributed by atoms with van der Waals surface area (Å²) in [4.78, 5) is 29.1. The fourth-order valence-electron chi connectivity index (χ4n) is 1.61. The van der Waals surface area contributed by atoms with E-state index < -0.39 is 12.4 Å². The minimum Gasteiger partial charge on any atom is -0.334 e. The lowest BCUT2D eigenvalue weighted by atomic mass is 10.4. The third-order valence-electron chi connectivity index (χ3n) is 2.65. The van der Waals surface area contributed by atoms with Crippen molar-refractivity contribution in [1.82, 2.24) is 29.3 Å². The number of halogens is 1. The average Bonchev–Trinajstić information content (AvgIpc) is 3.12. The summed E-state index contributed by atoms with van der Waals surface area (Å²) in [5.41, 5.74) is -0.355. The van der Waals surface area contributed by atoms with Crippen molar-refractivity contribution < 1.29 is 9.18 Å². The zero-order valence-corrected chi connectivity index (χ0v) is 9.28. The number of hydrogen-bond acceptors (Lipinski definition) is 5. The van der Waals surface area contributed by atoms with Gasteiger partial charge in [0.1, 0.15) is 13.0 Å². The van der Waals surface area contributed by atoms with Crippen LogP contribution in [0.4, 0.5) is 4.39 Å². The quantitative estimate of drug-likeness (QED) is 0.634. The van der Waals surface area contributed by atoms with Gasteiger partial charge in [0.15, 0.2) is 11.3 Å². The Balaban J connectivity index is 2.12. The summed E-state index contributed by atoms with van der Waals surface area (Å²) in [6.07, 6.45) is 1.21. The number of aromatic nitrogens is 5. The van der Waals surface area contributed by atoms with Crippen molar-refractivity contribution in [3.05, 3.63) is 22.5 Å². The van der Waals surface area contributed by atoms with E-state index in [1.54, 1.807) is 4.90 Å². The Bertz CT molecular complexity index is 673. The molecule has 3 heterocycles. The maximum absolute atomic E-state index is 12.2. The van der Waals surface area contributed by atoms with Gasteiger partial charge in [0.05, 0.1) is 6.54 Å². The van der Waals surface area contributed by atoms with Crippen molar-refractivity contribution in [1.29, 1.82) is 0 Å². The van der Waals surface area contributed by atoms with Gasteiger partial charge in [-0.25, -0.2) is 18.6 Å². The van der Waals surface area contributed by atoms with Crippen LogP contribution < -0.4 is 5.69 Å². The summed E-state index contributed by atoms with van der Waals surface area (Å²) in [6.45, 7) is 0.484. The number of aryl methyl sites for hydroxylation is 1. The summed E-state index contributed by atoms with van der Waals surface area (Å²) in [7, 11) is 0. The molecule has 18 heavy (non-hydrogen) atoms. The van der Waals surface area contributed by atoms with Gasteiger partial charge in [-0.2, -0.15) is 4.68 Å². The molecule has 3 rings (SSSR count). The second kappa shape index (κ2) is 3.86. The van der Waals surface area contributed by atoms with Crippen LogP contribution in [0, 0.1) is 0 Å². The Kier molecular flexibility index (Phi) is 2.32. The van der Waals surface area contributed by atoms with E-state index in [9.17, 15) is 14.0 Å². The van der Waals surface area contributed by atoms with Gasteiger partial charge in [-0.15, -0.1) is 5.10 Å². The Hall–Kier alpha value is -2.32. The second-order valence-corrected chi connectivity index (χ2v) is 3.86. The third kappa shape index (κ3) is 1.55. The number of carbonyl (C=O) groups excluding carboxylic acids is 1. The van der Waals surface area contributed by atoms with Gasteiger partial charge in [0, 0.05) is 13.1 Å². The van der Waals surface area contributed by atoms with Crippen molar-refractivity contribution in [2.45, 2.75) is 6.54 Å². The molecule has 8 nitrogen and oxygen atoms in total. The molecule has 9 heteroatoms. The first-order valence-electron chi connectivity index (χ1n) is 5.38. The molecular formula is C9H9FN6O2. The Labute approximate surface area is 99.6 Å². The Morgan fingerprint density at radius 3 is 2.89 bits per heavy atom. The van der Waals surface area contributed by atoms with Crippen LogP contribution in [-0.4, -0.2) is 54.9 Å². The number of hydrogen-bond donors (Lipinski definition) is 0. The molecule has 1 amide bonds. The first-order chi connectivity index (χ1) is 8.72. The van der Waals surface area contributed by atoms with Gasteiger partial charge in [-0.3, -0.25) is 4.79 Å². The lowest BCUT2D eigenvalue weighted by Gasteiger charge is -2.01. The predicted octanol–water partition coefficient (Wildman–Crippen LogP) is -1.29. The van der Waals surface area contributed by atoms with Crippen molar-refractivity contribution in [2.24, 2.45) is 0 Å². The molecule has 0 unspecified atom stereocenters. The molecule has 0 aromatic carbocycles. The first-order valence-corrected chi connectivity index (χ1v) is 5.38. The van der Waals surface area contributed by atoms with Crippen LogP contribution in [0.2, 0.25) is 0 Å². The lowest BCUT2D eigenvalue weighted by molar-refractivity contribution is 0.0882. The lowest BCUT2D eigenvalue weighted by Crippen LogP contribution is -2.30. The standard InChI is InChI=1S/C9H9FN6O2/c10-1-2-16-9(18)15-5-11-6(7(15)12-13-16)8(17)14-3-4-14/h5H,1-4H2. The van der Waals surface area contributed by atoms with Crippen LogP contribution in [-0.2, 0) is 6.54 Å². The fourth-order valence-corrected chi connectivity index (χ4v) is 1.61. The van der Waals surface area contributed by atoms with Gasteiger partial charge in [0.2, 0.25) is 0 Å². The molecule has 0 bridgehead atoms. The molecule has 2 aromatic heterocycles. The number of fused-ring (bicyclic) bond motifs is 1. The highest BCUT2D eigenvalue weighted by molar-refractivity contribution is 5.98. The van der Waals surface area contributed by atoms with E-state index in [0.29, 0.717) is 13.1 Å². The van der Waals surface area contributed by atoms with E-state index in [-0.39, 0.29) is 23.8 Å². The number of carbonyl (C=O) groups is 1. The van der Waals surface area contributed by atoms with Gasteiger partial charge in [0.25, 0.3) is 5.91 Å². The zero-order chi connectivity index (χ0) is 12.7. The number of imidazole rings is 1. The van der Waals surface area contributed by atoms with Crippen LogP contribution in [0.3, 0.4) is 0 Å². The molecular weight excluding hydrogens is 243 g/mol. The third-order valence-corrected chi connectivity index (χ3v) is 2.65. The minimum absolute atomic E-state index is 0.101. The van der Waals surface area contributed by atoms with Crippen LogP contribution >= 0.6 is 0 Å². The molecule has 0 N–H and O–H groups in total.